The van der Waals surface area contributed by atoms with Gasteiger partial charge in [-0.25, -0.2) is 0 Å². The molecule has 0 aliphatic rings. The van der Waals surface area contributed by atoms with Crippen LogP contribution in [0.1, 0.15) is 20.7 Å². The van der Waals surface area contributed by atoms with E-state index in [1.54, 1.807) is 54.6 Å². The van der Waals surface area contributed by atoms with E-state index in [-0.39, 0.29) is 28.6 Å². The molecule has 0 aliphatic carbocycles. The van der Waals surface area contributed by atoms with Crippen molar-refractivity contribution in [2.75, 3.05) is 26.6 Å². The second-order valence-corrected chi connectivity index (χ2v) is 7.69. The Morgan fingerprint density at radius 1 is 0.861 bits per heavy atom. The Morgan fingerprint density at radius 2 is 1.67 bits per heavy atom. The molecule has 0 aromatic heterocycles. The van der Waals surface area contributed by atoms with Gasteiger partial charge in [0.1, 0.15) is 22.9 Å². The fraction of sp³-hybridized carbons (Fsp3) is 0.111. The van der Waals surface area contributed by atoms with Crippen molar-refractivity contribution in [2.45, 2.75) is 0 Å². The van der Waals surface area contributed by atoms with Crippen LogP contribution in [0.2, 0.25) is 0 Å². The molecule has 0 spiro atoms. The topological polar surface area (TPSA) is 122 Å². The number of ether oxygens (including phenoxy) is 2. The third kappa shape index (κ3) is 4.95. The van der Waals surface area contributed by atoms with E-state index >= 15 is 0 Å². The zero-order valence-corrected chi connectivity index (χ0v) is 19.9. The minimum atomic E-state index is -0.526. The molecule has 0 heterocycles. The number of rotatable bonds is 7. The Balaban J connectivity index is 1.78. The third-order valence-electron chi connectivity index (χ3n) is 5.49. The lowest BCUT2D eigenvalue weighted by Crippen LogP contribution is -2.17. The largest absolute Gasteiger partial charge is 0.505 e. The van der Waals surface area contributed by atoms with E-state index in [9.17, 15) is 14.7 Å². The van der Waals surface area contributed by atoms with Crippen LogP contribution < -0.4 is 20.1 Å². The third-order valence-corrected chi connectivity index (χ3v) is 5.49. The van der Waals surface area contributed by atoms with Crippen molar-refractivity contribution in [1.82, 2.24) is 5.32 Å². The fourth-order valence-corrected chi connectivity index (χ4v) is 3.65. The zero-order chi connectivity index (χ0) is 25.7. The van der Waals surface area contributed by atoms with E-state index in [0.29, 0.717) is 33.5 Å². The summed E-state index contributed by atoms with van der Waals surface area (Å²) in [5, 5.41) is 26.2. The lowest BCUT2D eigenvalue weighted by atomic mass is 10.0. The van der Waals surface area contributed by atoms with Crippen LogP contribution in [-0.2, 0) is 0 Å². The predicted molar refractivity (Wildman–Crippen MR) is 137 cm³/mol. The maximum absolute atomic E-state index is 13.1. The number of nitrogens with zero attached hydrogens (tertiary/aromatic N) is 2. The van der Waals surface area contributed by atoms with Crippen LogP contribution in [0.5, 0.6) is 17.2 Å². The lowest BCUT2D eigenvalue weighted by molar-refractivity contribution is 0.0962. The number of methoxy groups -OCH3 is 2. The van der Waals surface area contributed by atoms with Gasteiger partial charge in [-0.3, -0.25) is 9.59 Å². The first-order chi connectivity index (χ1) is 17.4. The summed E-state index contributed by atoms with van der Waals surface area (Å²) in [7, 11) is 4.54. The molecule has 9 nitrogen and oxygen atoms in total. The van der Waals surface area contributed by atoms with Gasteiger partial charge in [0.15, 0.2) is 5.75 Å². The molecule has 3 N–H and O–H groups in total. The molecule has 4 rings (SSSR count). The smallest absolute Gasteiger partial charge is 0.259 e. The van der Waals surface area contributed by atoms with Crippen molar-refractivity contribution in [3.05, 3.63) is 83.9 Å². The van der Waals surface area contributed by atoms with E-state index in [2.05, 4.69) is 20.9 Å². The number of amides is 2. The molecule has 0 saturated carbocycles. The second kappa shape index (κ2) is 10.6. The molecule has 4 aromatic rings. The van der Waals surface area contributed by atoms with Crippen molar-refractivity contribution >= 4 is 39.6 Å². The Labute approximate surface area is 207 Å². The van der Waals surface area contributed by atoms with Crippen LogP contribution in [0.3, 0.4) is 0 Å². The molecule has 9 heteroatoms. The van der Waals surface area contributed by atoms with Crippen molar-refractivity contribution < 1.29 is 24.2 Å². The molecule has 0 saturated heterocycles. The molecule has 0 fully saturated rings. The molecule has 0 unspecified atom stereocenters. The van der Waals surface area contributed by atoms with E-state index in [1.807, 2.05) is 12.1 Å². The van der Waals surface area contributed by atoms with Crippen LogP contribution in [0, 0.1) is 0 Å². The van der Waals surface area contributed by atoms with Crippen molar-refractivity contribution in [2.24, 2.45) is 10.2 Å². The number of hydrogen-bond acceptors (Lipinski definition) is 7. The molecular weight excluding hydrogens is 460 g/mol. The molecule has 0 bridgehead atoms. The van der Waals surface area contributed by atoms with Crippen LogP contribution in [0.4, 0.5) is 17.1 Å². The number of carbonyl (C=O) groups excluding carboxylic acids is 2. The van der Waals surface area contributed by atoms with E-state index in [1.165, 1.54) is 27.3 Å². The maximum Gasteiger partial charge on any atom is 0.259 e. The summed E-state index contributed by atoms with van der Waals surface area (Å²) in [5.74, 6) is -0.180. The Bertz CT molecular complexity index is 1480. The van der Waals surface area contributed by atoms with Gasteiger partial charge in [-0.15, -0.1) is 10.2 Å². The van der Waals surface area contributed by atoms with Gasteiger partial charge in [0, 0.05) is 29.8 Å². The van der Waals surface area contributed by atoms with Gasteiger partial charge in [-0.05, 0) is 41.8 Å². The van der Waals surface area contributed by atoms with Gasteiger partial charge in [0.2, 0.25) is 0 Å². The van der Waals surface area contributed by atoms with Gasteiger partial charge in [-0.2, -0.15) is 0 Å². The standard InChI is InChI=1S/C27H24N4O5/c1-28-26(33)17-11-12-23(36-3)22(14-17)30-31-24-20-10-5-4-7-16(20)13-21(25(24)32)27(34)29-18-8-6-9-19(15-18)35-2/h4-15,32H,1-3H3,(H,28,33)(H,29,34)/b31-30+. The summed E-state index contributed by atoms with van der Waals surface area (Å²) in [6.07, 6.45) is 0. The molecule has 0 radical (unpaired) electrons. The molecule has 182 valence electrons. The number of phenolic OH excluding ortho intramolecular Hbond substituents is 1. The summed E-state index contributed by atoms with van der Waals surface area (Å²) < 4.78 is 10.5. The summed E-state index contributed by atoms with van der Waals surface area (Å²) in [6.45, 7) is 0. The summed E-state index contributed by atoms with van der Waals surface area (Å²) in [4.78, 5) is 25.2. The number of fused-ring (bicyclic) bond motifs is 1. The number of nitrogens with one attached hydrogen (secondary N) is 2. The van der Waals surface area contributed by atoms with Gasteiger partial charge < -0.3 is 25.2 Å². The molecule has 0 aliphatic heterocycles. The Kier molecular flexibility index (Phi) is 7.10. The highest BCUT2D eigenvalue weighted by atomic mass is 16.5. The number of hydrogen-bond donors (Lipinski definition) is 3. The first kappa shape index (κ1) is 24.2. The fourth-order valence-electron chi connectivity index (χ4n) is 3.65. The molecule has 2 amide bonds. The molecule has 36 heavy (non-hydrogen) atoms. The number of aromatic hydroxyl groups is 1. The highest BCUT2D eigenvalue weighted by Gasteiger charge is 2.19. The van der Waals surface area contributed by atoms with Crippen LogP contribution in [0.15, 0.2) is 83.0 Å². The lowest BCUT2D eigenvalue weighted by Gasteiger charge is -2.12. The Morgan fingerprint density at radius 3 is 2.42 bits per heavy atom. The van der Waals surface area contributed by atoms with Crippen molar-refractivity contribution in [1.29, 1.82) is 0 Å². The van der Waals surface area contributed by atoms with Gasteiger partial charge in [0.05, 0.1) is 19.8 Å². The average Bonchev–Trinajstić information content (AvgIpc) is 2.91. The van der Waals surface area contributed by atoms with Crippen molar-refractivity contribution in [3.63, 3.8) is 0 Å². The first-order valence-electron chi connectivity index (χ1n) is 11.0. The van der Waals surface area contributed by atoms with E-state index in [4.69, 9.17) is 9.47 Å². The Hall–Kier alpha value is -4.92. The second-order valence-electron chi connectivity index (χ2n) is 7.69. The molecule has 0 atom stereocenters. The summed E-state index contributed by atoms with van der Waals surface area (Å²) in [6, 6.07) is 20.4. The molecular formula is C27H24N4O5. The number of anilines is 1. The molecule has 4 aromatic carbocycles. The van der Waals surface area contributed by atoms with Crippen LogP contribution >= 0.6 is 0 Å². The first-order valence-corrected chi connectivity index (χ1v) is 11.0. The number of azo groups is 1. The predicted octanol–water partition coefficient (Wildman–Crippen LogP) is 5.59. The minimum absolute atomic E-state index is 0.0246. The summed E-state index contributed by atoms with van der Waals surface area (Å²) in [5.41, 5.74) is 1.29. The van der Waals surface area contributed by atoms with Gasteiger partial charge >= 0.3 is 0 Å². The van der Waals surface area contributed by atoms with Gasteiger partial charge in [0.25, 0.3) is 11.8 Å². The average molecular weight is 485 g/mol. The summed E-state index contributed by atoms with van der Waals surface area (Å²) >= 11 is 0. The van der Waals surface area contributed by atoms with E-state index < -0.39 is 5.91 Å². The maximum atomic E-state index is 13.1. The van der Waals surface area contributed by atoms with Crippen molar-refractivity contribution in [3.8, 4) is 17.2 Å². The highest BCUT2D eigenvalue weighted by Crippen LogP contribution is 2.40. The van der Waals surface area contributed by atoms with E-state index in [0.717, 1.165) is 0 Å². The normalized spacial score (nSPS) is 10.9. The minimum Gasteiger partial charge on any atom is -0.505 e. The van der Waals surface area contributed by atoms with Crippen LogP contribution in [-0.4, -0.2) is 38.2 Å². The SMILES string of the molecule is CNC(=O)c1ccc(OC)c(/N=N/c2c(O)c(C(=O)Nc3cccc(OC)c3)cc3ccccc23)c1. The van der Waals surface area contributed by atoms with Crippen LogP contribution in [0.25, 0.3) is 10.8 Å². The monoisotopic (exact) mass is 484 g/mol. The number of benzene rings is 4. The number of phenols is 1. The quantitative estimate of drug-likeness (QED) is 0.295. The van der Waals surface area contributed by atoms with Gasteiger partial charge in [-0.1, -0.05) is 30.3 Å². The zero-order valence-electron chi connectivity index (χ0n) is 19.9. The number of carbonyl (C=O) groups is 2. The highest BCUT2D eigenvalue weighted by molar-refractivity contribution is 6.11.